The first-order chi connectivity index (χ1) is 4.70. The lowest BCUT2D eigenvalue weighted by Crippen LogP contribution is -1.99. The first kappa shape index (κ1) is 6.57. The van der Waals surface area contributed by atoms with Crippen LogP contribution in [0.2, 0.25) is 0 Å². The molecule has 2 rings (SSSR count). The Kier molecular flexibility index (Phi) is 1.27. The minimum atomic E-state index is 0.0815. The van der Waals surface area contributed by atoms with E-state index < -0.39 is 0 Å². The number of nitrogens with one attached hydrogen (secondary N) is 1. The van der Waals surface area contributed by atoms with Crippen LogP contribution in [0.15, 0.2) is 24.3 Å². The van der Waals surface area contributed by atoms with Crippen molar-refractivity contribution >= 4 is 8.07 Å². The molecule has 10 heavy (non-hydrogen) atoms. The maximum atomic E-state index is 3.51. The van der Waals surface area contributed by atoms with Gasteiger partial charge in [0.2, 0.25) is 0 Å². The molecule has 0 radical (unpaired) electrons. The highest BCUT2D eigenvalue weighted by molar-refractivity contribution is 7.65. The fourth-order valence-electron chi connectivity index (χ4n) is 1.31. The van der Waals surface area contributed by atoms with E-state index in [1.54, 1.807) is 0 Å². The number of hydrogen-bond donors (Lipinski definition) is 1. The van der Waals surface area contributed by atoms with E-state index in [1.165, 1.54) is 0 Å². The molecule has 2 heteroatoms. The zero-order valence-corrected chi connectivity index (χ0v) is 7.23. The van der Waals surface area contributed by atoms with Gasteiger partial charge in [-0.15, -0.1) is 0 Å². The highest BCUT2D eigenvalue weighted by atomic mass is 31.1. The summed E-state index contributed by atoms with van der Waals surface area (Å²) in [6, 6.07) is 0. The first-order valence-corrected chi connectivity index (χ1v) is 5.03. The number of allylic oxidation sites excluding steroid dienone is 4. The standard InChI is InChI=1S/C8H12NP/c1-8(2)9-10(8)7-5-3-4-6-7/h3-7,9H,1-2H3. The lowest BCUT2D eigenvalue weighted by atomic mass is 10.4. The van der Waals surface area contributed by atoms with Gasteiger partial charge in [-0.25, -0.2) is 0 Å². The molecule has 0 aromatic carbocycles. The van der Waals surface area contributed by atoms with E-state index in [0.717, 1.165) is 0 Å². The average molecular weight is 153 g/mol. The van der Waals surface area contributed by atoms with Crippen molar-refractivity contribution in [3.8, 4) is 0 Å². The van der Waals surface area contributed by atoms with Crippen molar-refractivity contribution in [1.29, 1.82) is 0 Å². The largest absolute Gasteiger partial charge is 0.283 e. The third kappa shape index (κ3) is 0.941. The zero-order chi connectivity index (χ0) is 7.19. The smallest absolute Gasteiger partial charge is 0.0502 e. The highest BCUT2D eigenvalue weighted by Crippen LogP contribution is 2.65. The van der Waals surface area contributed by atoms with Gasteiger partial charge in [0.25, 0.3) is 0 Å². The molecule has 0 saturated carbocycles. The Balaban J connectivity index is 2.04. The Morgan fingerprint density at radius 3 is 2.20 bits per heavy atom. The van der Waals surface area contributed by atoms with Crippen molar-refractivity contribution in [2.24, 2.45) is 0 Å². The van der Waals surface area contributed by atoms with Gasteiger partial charge in [0.1, 0.15) is 0 Å². The van der Waals surface area contributed by atoms with Gasteiger partial charge in [0.05, 0.1) is 5.28 Å². The molecule has 1 saturated heterocycles. The van der Waals surface area contributed by atoms with Crippen LogP contribution in [0, 0.1) is 0 Å². The van der Waals surface area contributed by atoms with Crippen LogP contribution in [0.25, 0.3) is 0 Å². The van der Waals surface area contributed by atoms with Crippen LogP contribution < -0.4 is 5.09 Å². The minimum absolute atomic E-state index is 0.0815. The molecule has 0 aromatic heterocycles. The molecule has 1 fully saturated rings. The molecule has 1 atom stereocenters. The van der Waals surface area contributed by atoms with Gasteiger partial charge >= 0.3 is 0 Å². The summed E-state index contributed by atoms with van der Waals surface area (Å²) in [5.74, 6) is 0. The molecule has 0 spiro atoms. The van der Waals surface area contributed by atoms with Crippen molar-refractivity contribution in [3.05, 3.63) is 24.3 Å². The lowest BCUT2D eigenvalue weighted by molar-refractivity contribution is 0.807. The van der Waals surface area contributed by atoms with E-state index in [1.807, 2.05) is 0 Å². The van der Waals surface area contributed by atoms with Gasteiger partial charge < -0.3 is 0 Å². The van der Waals surface area contributed by atoms with Crippen LogP contribution in [0.3, 0.4) is 0 Å². The molecule has 1 aliphatic carbocycles. The predicted octanol–water partition coefficient (Wildman–Crippen LogP) is 2.22. The Labute approximate surface area is 63.0 Å². The minimum Gasteiger partial charge on any atom is -0.283 e. The van der Waals surface area contributed by atoms with E-state index in [2.05, 4.69) is 43.2 Å². The SMILES string of the molecule is CC1(C)NP1C1C=CC=C1. The van der Waals surface area contributed by atoms with Crippen molar-refractivity contribution in [2.75, 3.05) is 0 Å². The molecule has 1 heterocycles. The van der Waals surface area contributed by atoms with Crippen molar-refractivity contribution in [1.82, 2.24) is 5.09 Å². The molecular formula is C8H12NP. The summed E-state index contributed by atoms with van der Waals surface area (Å²) in [6.45, 7) is 4.55. The quantitative estimate of drug-likeness (QED) is 0.452. The van der Waals surface area contributed by atoms with Crippen molar-refractivity contribution in [2.45, 2.75) is 24.8 Å². The van der Waals surface area contributed by atoms with Crippen LogP contribution >= 0.6 is 8.07 Å². The monoisotopic (exact) mass is 153 g/mol. The third-order valence-corrected chi connectivity index (χ3v) is 4.81. The van der Waals surface area contributed by atoms with E-state index >= 15 is 0 Å². The Hall–Kier alpha value is -0.130. The average Bonchev–Trinajstić information content (AvgIpc) is 2.31. The molecule has 1 N–H and O–H groups in total. The van der Waals surface area contributed by atoms with Crippen LogP contribution in [-0.2, 0) is 0 Å². The Morgan fingerprint density at radius 1 is 1.30 bits per heavy atom. The summed E-state index contributed by atoms with van der Waals surface area (Å²) < 4.78 is 0. The topological polar surface area (TPSA) is 21.9 Å². The van der Waals surface area contributed by atoms with Gasteiger partial charge in [-0.3, -0.25) is 5.09 Å². The molecule has 0 bridgehead atoms. The van der Waals surface area contributed by atoms with Crippen LogP contribution in [0.5, 0.6) is 0 Å². The fraction of sp³-hybridized carbons (Fsp3) is 0.500. The summed E-state index contributed by atoms with van der Waals surface area (Å²) in [5, 5.41) is 3.96. The van der Waals surface area contributed by atoms with Gasteiger partial charge in [-0.1, -0.05) is 24.3 Å². The van der Waals surface area contributed by atoms with E-state index in [4.69, 9.17) is 0 Å². The molecule has 54 valence electrons. The summed E-state index contributed by atoms with van der Waals surface area (Å²) >= 11 is 0. The summed E-state index contributed by atoms with van der Waals surface area (Å²) in [7, 11) is 0.0815. The summed E-state index contributed by atoms with van der Waals surface area (Å²) in [5.41, 5.74) is 0.713. The van der Waals surface area contributed by atoms with Gasteiger partial charge in [0, 0.05) is 5.66 Å². The van der Waals surface area contributed by atoms with E-state index in [9.17, 15) is 0 Å². The second kappa shape index (κ2) is 1.93. The molecule has 1 aliphatic heterocycles. The summed E-state index contributed by atoms with van der Waals surface area (Å²) in [4.78, 5) is 0. The van der Waals surface area contributed by atoms with E-state index in [-0.39, 0.29) is 8.07 Å². The van der Waals surface area contributed by atoms with Crippen molar-refractivity contribution in [3.63, 3.8) is 0 Å². The summed E-state index contributed by atoms with van der Waals surface area (Å²) in [6.07, 6.45) is 8.85. The second-order valence-electron chi connectivity index (χ2n) is 3.30. The second-order valence-corrected chi connectivity index (χ2v) is 5.98. The predicted molar refractivity (Wildman–Crippen MR) is 46.2 cm³/mol. The van der Waals surface area contributed by atoms with Crippen LogP contribution in [0.4, 0.5) is 0 Å². The molecule has 2 aliphatic rings. The van der Waals surface area contributed by atoms with Crippen LogP contribution in [0.1, 0.15) is 13.8 Å². The maximum absolute atomic E-state index is 3.51. The third-order valence-electron chi connectivity index (χ3n) is 1.97. The van der Waals surface area contributed by atoms with Gasteiger partial charge in [-0.05, 0) is 21.9 Å². The zero-order valence-electron chi connectivity index (χ0n) is 6.33. The molecular weight excluding hydrogens is 141 g/mol. The number of rotatable bonds is 1. The Morgan fingerprint density at radius 2 is 1.80 bits per heavy atom. The highest BCUT2D eigenvalue weighted by Gasteiger charge is 2.48. The Bertz CT molecular complexity index is 193. The van der Waals surface area contributed by atoms with Crippen molar-refractivity contribution < 1.29 is 0 Å². The normalized spacial score (nSPS) is 35.2. The molecule has 0 amide bonds. The molecule has 1 nitrogen and oxygen atoms in total. The molecule has 0 aromatic rings. The van der Waals surface area contributed by atoms with Crippen LogP contribution in [-0.4, -0.2) is 10.9 Å². The lowest BCUT2D eigenvalue weighted by Gasteiger charge is -2.02. The van der Waals surface area contributed by atoms with E-state index in [0.29, 0.717) is 10.9 Å². The first-order valence-electron chi connectivity index (χ1n) is 3.62. The fourth-order valence-corrected chi connectivity index (χ4v) is 3.46. The van der Waals surface area contributed by atoms with Gasteiger partial charge in [-0.2, -0.15) is 0 Å². The number of hydrogen-bond acceptors (Lipinski definition) is 1. The molecule has 1 unspecified atom stereocenters. The maximum Gasteiger partial charge on any atom is 0.0502 e. The van der Waals surface area contributed by atoms with Gasteiger partial charge in [0.15, 0.2) is 0 Å².